The molecule has 0 bridgehead atoms. The first-order valence-corrected chi connectivity index (χ1v) is 4.96. The van der Waals surface area contributed by atoms with Crippen molar-refractivity contribution in [1.29, 1.82) is 0 Å². The number of ether oxygens (including phenoxy) is 1. The molecule has 0 heterocycles. The van der Waals surface area contributed by atoms with Gasteiger partial charge in [0, 0.05) is 13.2 Å². The lowest BCUT2D eigenvalue weighted by molar-refractivity contribution is -0.142. The van der Waals surface area contributed by atoms with Crippen LogP contribution in [0.4, 0.5) is 0 Å². The highest BCUT2D eigenvalue weighted by molar-refractivity contribution is 5.72. The third-order valence-corrected chi connectivity index (χ3v) is 2.06. The fourth-order valence-corrected chi connectivity index (χ4v) is 0.910. The molecule has 0 aromatic rings. The maximum Gasteiger partial charge on any atom is 0.320 e. The van der Waals surface area contributed by atoms with Gasteiger partial charge in [-0.15, -0.1) is 0 Å². The van der Waals surface area contributed by atoms with Crippen molar-refractivity contribution >= 4 is 5.97 Å². The van der Waals surface area contributed by atoms with Gasteiger partial charge in [0.2, 0.25) is 0 Å². The van der Waals surface area contributed by atoms with E-state index in [1.807, 2.05) is 0 Å². The van der Waals surface area contributed by atoms with Gasteiger partial charge in [-0.3, -0.25) is 9.69 Å². The predicted octanol–water partition coefficient (Wildman–Crippen LogP) is 1.06. The zero-order chi connectivity index (χ0) is 11.1. The quantitative estimate of drug-likeness (QED) is 0.629. The second-order valence-corrected chi connectivity index (χ2v) is 3.96. The van der Waals surface area contributed by atoms with Crippen LogP contribution in [0.5, 0.6) is 0 Å². The number of aliphatic carboxylic acids is 1. The van der Waals surface area contributed by atoms with Crippen LogP contribution >= 0.6 is 0 Å². The third-order valence-electron chi connectivity index (χ3n) is 2.06. The maximum atomic E-state index is 10.6. The highest BCUT2D eigenvalue weighted by Crippen LogP contribution is 1.96. The normalized spacial score (nSPS) is 13.6. The Balaban J connectivity index is 3.53. The number of carbonyl (C=O) groups is 1. The largest absolute Gasteiger partial charge is 0.480 e. The van der Waals surface area contributed by atoms with Crippen LogP contribution in [0.1, 0.15) is 20.8 Å². The van der Waals surface area contributed by atoms with Crippen LogP contribution < -0.4 is 0 Å². The first kappa shape index (κ1) is 13.4. The van der Waals surface area contributed by atoms with E-state index in [0.717, 1.165) is 6.61 Å². The fourth-order valence-electron chi connectivity index (χ4n) is 0.910. The molecule has 0 radical (unpaired) electrons. The van der Waals surface area contributed by atoms with E-state index >= 15 is 0 Å². The number of nitrogens with zero attached hydrogens (tertiary/aromatic N) is 1. The van der Waals surface area contributed by atoms with Crippen LogP contribution in [-0.4, -0.2) is 48.8 Å². The Morgan fingerprint density at radius 3 is 2.43 bits per heavy atom. The highest BCUT2D eigenvalue weighted by atomic mass is 16.5. The second-order valence-electron chi connectivity index (χ2n) is 3.96. The topological polar surface area (TPSA) is 49.8 Å². The summed E-state index contributed by atoms with van der Waals surface area (Å²) < 4.78 is 5.36. The van der Waals surface area contributed by atoms with Gasteiger partial charge in [0.05, 0.1) is 6.61 Å². The molecule has 84 valence electrons. The SMILES string of the molecule is CC(C)COCCN(C)C(C)C(=O)O. The van der Waals surface area contributed by atoms with E-state index in [1.165, 1.54) is 0 Å². The monoisotopic (exact) mass is 203 g/mol. The molecular weight excluding hydrogens is 182 g/mol. The van der Waals surface area contributed by atoms with Crippen molar-refractivity contribution < 1.29 is 14.6 Å². The van der Waals surface area contributed by atoms with Crippen molar-refractivity contribution in [3.05, 3.63) is 0 Å². The Bertz CT molecular complexity index is 171. The maximum absolute atomic E-state index is 10.6. The average molecular weight is 203 g/mol. The third kappa shape index (κ3) is 5.94. The number of carboxylic acids is 1. The Hall–Kier alpha value is -0.610. The van der Waals surface area contributed by atoms with Crippen molar-refractivity contribution in [3.63, 3.8) is 0 Å². The van der Waals surface area contributed by atoms with E-state index in [-0.39, 0.29) is 0 Å². The smallest absolute Gasteiger partial charge is 0.320 e. The van der Waals surface area contributed by atoms with Gasteiger partial charge in [-0.1, -0.05) is 13.8 Å². The van der Waals surface area contributed by atoms with E-state index in [0.29, 0.717) is 19.1 Å². The number of carboxylic acid groups (broad SMARTS) is 1. The Labute approximate surface area is 85.9 Å². The molecular formula is C10H21NO3. The highest BCUT2D eigenvalue weighted by Gasteiger charge is 2.15. The second kappa shape index (κ2) is 6.79. The molecule has 0 spiro atoms. The van der Waals surface area contributed by atoms with Gasteiger partial charge in [-0.25, -0.2) is 0 Å². The van der Waals surface area contributed by atoms with Crippen LogP contribution in [0.3, 0.4) is 0 Å². The van der Waals surface area contributed by atoms with Gasteiger partial charge < -0.3 is 9.84 Å². The molecule has 1 N–H and O–H groups in total. The molecule has 0 amide bonds. The number of rotatable bonds is 7. The van der Waals surface area contributed by atoms with Crippen molar-refractivity contribution in [2.45, 2.75) is 26.8 Å². The molecule has 0 aromatic heterocycles. The van der Waals surface area contributed by atoms with E-state index in [4.69, 9.17) is 9.84 Å². The molecule has 1 atom stereocenters. The summed E-state index contributed by atoms with van der Waals surface area (Å²) in [7, 11) is 1.79. The van der Waals surface area contributed by atoms with Crippen LogP contribution in [0.2, 0.25) is 0 Å². The minimum atomic E-state index is -0.795. The molecule has 1 unspecified atom stereocenters. The van der Waals surface area contributed by atoms with E-state index in [9.17, 15) is 4.79 Å². The van der Waals surface area contributed by atoms with Gasteiger partial charge in [0.25, 0.3) is 0 Å². The van der Waals surface area contributed by atoms with Gasteiger partial charge in [-0.05, 0) is 19.9 Å². The van der Waals surface area contributed by atoms with Crippen LogP contribution in [0, 0.1) is 5.92 Å². The summed E-state index contributed by atoms with van der Waals surface area (Å²) in [5.74, 6) is -0.270. The molecule has 0 aliphatic carbocycles. The fraction of sp³-hybridized carbons (Fsp3) is 0.900. The van der Waals surface area contributed by atoms with Crippen molar-refractivity contribution in [1.82, 2.24) is 4.90 Å². The van der Waals surface area contributed by atoms with Crippen LogP contribution in [0.25, 0.3) is 0 Å². The summed E-state index contributed by atoms with van der Waals surface area (Å²) in [6, 6.07) is -0.447. The van der Waals surface area contributed by atoms with Gasteiger partial charge in [-0.2, -0.15) is 0 Å². The lowest BCUT2D eigenvalue weighted by Crippen LogP contribution is -2.38. The Kier molecular flexibility index (Phi) is 6.49. The van der Waals surface area contributed by atoms with Crippen molar-refractivity contribution in [2.75, 3.05) is 26.8 Å². The van der Waals surface area contributed by atoms with E-state index < -0.39 is 12.0 Å². The first-order valence-electron chi connectivity index (χ1n) is 4.96. The lowest BCUT2D eigenvalue weighted by Gasteiger charge is -2.20. The molecule has 0 aliphatic rings. The summed E-state index contributed by atoms with van der Waals surface area (Å²) >= 11 is 0. The van der Waals surface area contributed by atoms with Crippen molar-refractivity contribution in [3.8, 4) is 0 Å². The van der Waals surface area contributed by atoms with Crippen LogP contribution in [-0.2, 0) is 9.53 Å². The number of hydrogen-bond acceptors (Lipinski definition) is 3. The van der Waals surface area contributed by atoms with E-state index in [2.05, 4.69) is 13.8 Å². The minimum Gasteiger partial charge on any atom is -0.480 e. The molecule has 0 fully saturated rings. The van der Waals surface area contributed by atoms with E-state index in [1.54, 1.807) is 18.9 Å². The number of likely N-dealkylation sites (N-methyl/N-ethyl adjacent to an activating group) is 1. The average Bonchev–Trinajstić information content (AvgIpc) is 2.10. The van der Waals surface area contributed by atoms with Crippen LogP contribution in [0.15, 0.2) is 0 Å². The minimum absolute atomic E-state index is 0.447. The van der Waals surface area contributed by atoms with Gasteiger partial charge in [0.1, 0.15) is 6.04 Å². The van der Waals surface area contributed by atoms with Crippen molar-refractivity contribution in [2.24, 2.45) is 5.92 Å². The number of hydrogen-bond donors (Lipinski definition) is 1. The summed E-state index contributed by atoms with van der Waals surface area (Å²) in [6.07, 6.45) is 0. The Morgan fingerprint density at radius 2 is 2.00 bits per heavy atom. The first-order chi connectivity index (χ1) is 6.45. The molecule has 4 nitrogen and oxygen atoms in total. The summed E-state index contributed by atoms with van der Waals surface area (Å²) in [5.41, 5.74) is 0. The molecule has 0 saturated heterocycles. The molecule has 0 saturated carbocycles. The summed E-state index contributed by atoms with van der Waals surface area (Å²) in [4.78, 5) is 12.4. The molecule has 0 rings (SSSR count). The Morgan fingerprint density at radius 1 is 1.43 bits per heavy atom. The lowest BCUT2D eigenvalue weighted by atomic mass is 10.2. The predicted molar refractivity (Wildman–Crippen MR) is 55.4 cm³/mol. The molecule has 14 heavy (non-hydrogen) atoms. The van der Waals surface area contributed by atoms with Gasteiger partial charge >= 0.3 is 5.97 Å². The molecule has 0 aromatic carbocycles. The van der Waals surface area contributed by atoms with Gasteiger partial charge in [0.15, 0.2) is 0 Å². The summed E-state index contributed by atoms with van der Waals surface area (Å²) in [5, 5.41) is 8.71. The zero-order valence-electron chi connectivity index (χ0n) is 9.49. The standard InChI is InChI=1S/C10H21NO3/c1-8(2)7-14-6-5-11(4)9(3)10(12)13/h8-9H,5-7H2,1-4H3,(H,12,13). The molecule has 4 heteroatoms. The summed E-state index contributed by atoms with van der Waals surface area (Å²) in [6.45, 7) is 7.82. The zero-order valence-corrected chi connectivity index (χ0v) is 9.49. The molecule has 0 aliphatic heterocycles.